The molecule has 0 radical (unpaired) electrons. The van der Waals surface area contributed by atoms with E-state index in [2.05, 4.69) is 12.2 Å². The smallest absolute Gasteiger partial charge is 0.122 e. The topological polar surface area (TPSA) is 50.7 Å². The van der Waals surface area contributed by atoms with Gasteiger partial charge in [-0.05, 0) is 37.8 Å². The van der Waals surface area contributed by atoms with Crippen molar-refractivity contribution in [3.63, 3.8) is 0 Å². The summed E-state index contributed by atoms with van der Waals surface area (Å²) >= 11 is 0. The summed E-state index contributed by atoms with van der Waals surface area (Å²) < 4.78 is 11.1. The lowest BCUT2D eigenvalue weighted by Crippen LogP contribution is -2.35. The van der Waals surface area contributed by atoms with E-state index in [1.807, 2.05) is 31.2 Å². The minimum Gasteiger partial charge on any atom is -0.491 e. The Bertz CT molecular complexity index is 410. The van der Waals surface area contributed by atoms with E-state index in [1.165, 1.54) is 0 Å². The number of hydrogen-bond donors (Lipinski definition) is 2. The zero-order valence-electron chi connectivity index (χ0n) is 12.3. The van der Waals surface area contributed by atoms with Gasteiger partial charge >= 0.3 is 0 Å². The summed E-state index contributed by atoms with van der Waals surface area (Å²) in [6.07, 6.45) is 0.930. The van der Waals surface area contributed by atoms with Crippen LogP contribution in [0, 0.1) is 12.8 Å². The molecular formula is C16H25NO3. The second-order valence-corrected chi connectivity index (χ2v) is 5.51. The Labute approximate surface area is 121 Å². The Balaban J connectivity index is 1.63. The number of aliphatic hydroxyl groups is 1. The molecule has 112 valence electrons. The number of hydrogen-bond acceptors (Lipinski definition) is 4. The summed E-state index contributed by atoms with van der Waals surface area (Å²) in [6, 6.07) is 7.84. The first kappa shape index (κ1) is 15.3. The van der Waals surface area contributed by atoms with Crippen LogP contribution in [0.5, 0.6) is 5.75 Å². The van der Waals surface area contributed by atoms with Crippen molar-refractivity contribution in [3.05, 3.63) is 29.8 Å². The molecule has 2 rings (SSSR count). The van der Waals surface area contributed by atoms with Gasteiger partial charge in [0.25, 0.3) is 0 Å². The van der Waals surface area contributed by atoms with Crippen molar-refractivity contribution in [2.45, 2.75) is 32.5 Å². The fraction of sp³-hybridized carbons (Fsp3) is 0.625. The molecule has 1 aliphatic heterocycles. The van der Waals surface area contributed by atoms with E-state index in [1.54, 1.807) is 0 Å². The molecule has 0 aliphatic carbocycles. The molecule has 1 saturated heterocycles. The van der Waals surface area contributed by atoms with Gasteiger partial charge in [0.15, 0.2) is 0 Å². The number of aryl methyl sites for hydroxylation is 1. The van der Waals surface area contributed by atoms with Crippen LogP contribution in [-0.4, -0.2) is 43.6 Å². The number of aliphatic hydroxyl groups excluding tert-OH is 1. The Morgan fingerprint density at radius 2 is 2.25 bits per heavy atom. The third-order valence-corrected chi connectivity index (χ3v) is 3.84. The van der Waals surface area contributed by atoms with Gasteiger partial charge < -0.3 is 19.9 Å². The Morgan fingerprint density at radius 1 is 1.45 bits per heavy atom. The Morgan fingerprint density at radius 3 is 2.95 bits per heavy atom. The summed E-state index contributed by atoms with van der Waals surface area (Å²) in [5.74, 6) is 1.39. The molecule has 1 heterocycles. The number of benzene rings is 1. The monoisotopic (exact) mass is 279 g/mol. The molecule has 0 saturated carbocycles. The van der Waals surface area contributed by atoms with Crippen LogP contribution in [0.1, 0.15) is 18.9 Å². The van der Waals surface area contributed by atoms with Gasteiger partial charge in [-0.3, -0.25) is 0 Å². The van der Waals surface area contributed by atoms with E-state index in [4.69, 9.17) is 9.47 Å². The van der Waals surface area contributed by atoms with Crippen LogP contribution in [0.3, 0.4) is 0 Å². The van der Waals surface area contributed by atoms with Gasteiger partial charge in [0.1, 0.15) is 18.5 Å². The van der Waals surface area contributed by atoms with Gasteiger partial charge in [0, 0.05) is 19.7 Å². The first-order valence-corrected chi connectivity index (χ1v) is 7.35. The molecule has 3 atom stereocenters. The van der Waals surface area contributed by atoms with Crippen molar-refractivity contribution in [2.75, 3.05) is 26.3 Å². The number of ether oxygens (including phenoxy) is 2. The van der Waals surface area contributed by atoms with Crippen molar-refractivity contribution in [2.24, 2.45) is 5.92 Å². The molecule has 1 aromatic rings. The number of para-hydroxylation sites is 1. The normalized spacial score (nSPS) is 23.8. The van der Waals surface area contributed by atoms with Crippen LogP contribution >= 0.6 is 0 Å². The minimum absolute atomic E-state index is 0.314. The molecule has 20 heavy (non-hydrogen) atoms. The molecule has 0 bridgehead atoms. The quantitative estimate of drug-likeness (QED) is 0.798. The van der Waals surface area contributed by atoms with Gasteiger partial charge in [-0.2, -0.15) is 0 Å². The predicted octanol–water partition coefficient (Wildman–Crippen LogP) is 1.75. The SMILES string of the molecule is Cc1ccccc1OCC(O)CNCC1CCOC1C. The molecule has 4 heteroatoms. The van der Waals surface area contributed by atoms with Crippen molar-refractivity contribution in [1.29, 1.82) is 0 Å². The van der Waals surface area contributed by atoms with Crippen molar-refractivity contribution >= 4 is 0 Å². The average Bonchev–Trinajstić information content (AvgIpc) is 2.84. The highest BCUT2D eigenvalue weighted by atomic mass is 16.5. The molecule has 0 aromatic heterocycles. The molecule has 0 amide bonds. The summed E-state index contributed by atoms with van der Waals surface area (Å²) in [7, 11) is 0. The van der Waals surface area contributed by atoms with Crippen LogP contribution < -0.4 is 10.1 Å². The van der Waals surface area contributed by atoms with E-state index in [0.29, 0.717) is 25.2 Å². The van der Waals surface area contributed by atoms with Gasteiger partial charge in [-0.1, -0.05) is 18.2 Å². The lowest BCUT2D eigenvalue weighted by Gasteiger charge is -2.17. The summed E-state index contributed by atoms with van der Waals surface area (Å²) in [4.78, 5) is 0. The largest absolute Gasteiger partial charge is 0.491 e. The van der Waals surface area contributed by atoms with Crippen molar-refractivity contribution < 1.29 is 14.6 Å². The maximum absolute atomic E-state index is 9.92. The molecule has 4 nitrogen and oxygen atoms in total. The van der Waals surface area contributed by atoms with Gasteiger partial charge in [0.2, 0.25) is 0 Å². The highest BCUT2D eigenvalue weighted by Gasteiger charge is 2.23. The first-order chi connectivity index (χ1) is 9.66. The molecule has 1 aliphatic rings. The fourth-order valence-electron chi connectivity index (χ4n) is 2.44. The third-order valence-electron chi connectivity index (χ3n) is 3.84. The Hall–Kier alpha value is -1.10. The molecule has 1 fully saturated rings. The maximum atomic E-state index is 9.92. The van der Waals surface area contributed by atoms with Crippen molar-refractivity contribution in [3.8, 4) is 5.75 Å². The molecule has 3 unspecified atom stereocenters. The van der Waals surface area contributed by atoms with Crippen LogP contribution in [0.25, 0.3) is 0 Å². The average molecular weight is 279 g/mol. The van der Waals surface area contributed by atoms with Gasteiger partial charge in [-0.25, -0.2) is 0 Å². The van der Waals surface area contributed by atoms with E-state index >= 15 is 0 Å². The van der Waals surface area contributed by atoms with Crippen LogP contribution in [0.4, 0.5) is 0 Å². The zero-order chi connectivity index (χ0) is 14.4. The number of rotatable bonds is 7. The Kier molecular flexibility index (Phi) is 5.83. The lowest BCUT2D eigenvalue weighted by molar-refractivity contribution is 0.0944. The predicted molar refractivity (Wildman–Crippen MR) is 79.1 cm³/mol. The summed E-state index contributed by atoms with van der Waals surface area (Å²) in [5, 5.41) is 13.2. The highest BCUT2D eigenvalue weighted by molar-refractivity contribution is 5.31. The van der Waals surface area contributed by atoms with E-state index in [9.17, 15) is 5.11 Å². The van der Waals surface area contributed by atoms with Crippen LogP contribution in [0.15, 0.2) is 24.3 Å². The summed E-state index contributed by atoms with van der Waals surface area (Å²) in [5.41, 5.74) is 1.09. The molecule has 0 spiro atoms. The van der Waals surface area contributed by atoms with Gasteiger partial charge in [0.05, 0.1) is 6.10 Å². The first-order valence-electron chi connectivity index (χ1n) is 7.35. The van der Waals surface area contributed by atoms with Crippen LogP contribution in [-0.2, 0) is 4.74 Å². The third kappa shape index (κ3) is 4.47. The standard InChI is InChI=1S/C16H25NO3/c1-12-5-3-4-6-16(12)20-11-15(18)10-17-9-14-7-8-19-13(14)2/h3-6,13-15,17-18H,7-11H2,1-2H3. The molecular weight excluding hydrogens is 254 g/mol. The van der Waals surface area contributed by atoms with E-state index in [0.717, 1.165) is 30.9 Å². The molecule has 2 N–H and O–H groups in total. The van der Waals surface area contributed by atoms with Crippen molar-refractivity contribution in [1.82, 2.24) is 5.32 Å². The lowest BCUT2D eigenvalue weighted by atomic mass is 10.0. The summed E-state index contributed by atoms with van der Waals surface area (Å²) in [6.45, 7) is 6.72. The second kappa shape index (κ2) is 7.62. The minimum atomic E-state index is -0.493. The fourth-order valence-corrected chi connectivity index (χ4v) is 2.44. The highest BCUT2D eigenvalue weighted by Crippen LogP contribution is 2.19. The van der Waals surface area contributed by atoms with Gasteiger partial charge in [-0.15, -0.1) is 0 Å². The van der Waals surface area contributed by atoms with E-state index < -0.39 is 6.10 Å². The number of nitrogens with one attached hydrogen (secondary N) is 1. The van der Waals surface area contributed by atoms with Crippen LogP contribution in [0.2, 0.25) is 0 Å². The molecule has 1 aromatic carbocycles. The zero-order valence-corrected chi connectivity index (χ0v) is 12.3. The second-order valence-electron chi connectivity index (χ2n) is 5.51. The maximum Gasteiger partial charge on any atom is 0.122 e. The van der Waals surface area contributed by atoms with E-state index in [-0.39, 0.29) is 0 Å².